The van der Waals surface area contributed by atoms with Crippen molar-refractivity contribution in [1.29, 1.82) is 0 Å². The van der Waals surface area contributed by atoms with Crippen LogP contribution in [0.25, 0.3) is 5.69 Å². The van der Waals surface area contributed by atoms with E-state index >= 15 is 0 Å². The Labute approximate surface area is 164 Å². The number of aromatic nitrogens is 2. The second-order valence-electron chi connectivity index (χ2n) is 5.95. The lowest BCUT2D eigenvalue weighted by Crippen LogP contribution is -2.27. The molecule has 0 unspecified atom stereocenters. The molecule has 0 saturated carbocycles. The van der Waals surface area contributed by atoms with Gasteiger partial charge in [0.2, 0.25) is 0 Å². The highest BCUT2D eigenvalue weighted by Gasteiger charge is 2.02. The molecular weight excluding hydrogens is 356 g/mol. The average molecular weight is 379 g/mol. The monoisotopic (exact) mass is 378 g/mol. The molecule has 0 saturated heterocycles. The van der Waals surface area contributed by atoms with Gasteiger partial charge < -0.3 is 19.9 Å². The Morgan fingerprint density at radius 3 is 2.78 bits per heavy atom. The second kappa shape index (κ2) is 9.00. The van der Waals surface area contributed by atoms with E-state index in [-0.39, 0.29) is 0 Å². The molecule has 1 aromatic heterocycles. The lowest BCUT2D eigenvalue weighted by atomic mass is 10.2. The van der Waals surface area contributed by atoms with Crippen LogP contribution in [0.5, 0.6) is 5.75 Å². The van der Waals surface area contributed by atoms with Gasteiger partial charge in [0.1, 0.15) is 18.2 Å². The number of nitrogens with one attached hydrogen (secondary N) is 2. The minimum absolute atomic E-state index is 0.473. The molecule has 0 aliphatic heterocycles. The number of nitrogens with zero attached hydrogens (tertiary/aromatic N) is 2. The summed E-state index contributed by atoms with van der Waals surface area (Å²) < 4.78 is 7.58. The van der Waals surface area contributed by atoms with Gasteiger partial charge in [-0.15, -0.1) is 0 Å². The molecular formula is C21H22N4OS. The van der Waals surface area contributed by atoms with Crippen molar-refractivity contribution in [2.45, 2.75) is 13.5 Å². The molecule has 0 fully saturated rings. The summed E-state index contributed by atoms with van der Waals surface area (Å²) in [5.41, 5.74) is 3.11. The average Bonchev–Trinajstić information content (AvgIpc) is 3.11. The molecule has 1 heterocycles. The van der Waals surface area contributed by atoms with Crippen molar-refractivity contribution in [3.8, 4) is 11.4 Å². The van der Waals surface area contributed by atoms with Crippen LogP contribution in [0.15, 0.2) is 73.6 Å². The molecule has 2 aromatic carbocycles. The predicted molar refractivity (Wildman–Crippen MR) is 113 cm³/mol. The van der Waals surface area contributed by atoms with Crippen molar-refractivity contribution in [3.05, 3.63) is 85.0 Å². The van der Waals surface area contributed by atoms with Crippen LogP contribution >= 0.6 is 12.2 Å². The molecule has 0 aliphatic rings. The minimum Gasteiger partial charge on any atom is -0.489 e. The topological polar surface area (TPSA) is 51.1 Å². The Hall–Kier alpha value is -3.12. The van der Waals surface area contributed by atoms with Gasteiger partial charge in [0.05, 0.1) is 0 Å². The van der Waals surface area contributed by atoms with Gasteiger partial charge in [-0.05, 0) is 49.0 Å². The van der Waals surface area contributed by atoms with Gasteiger partial charge in [-0.2, -0.15) is 0 Å². The van der Waals surface area contributed by atoms with Crippen molar-refractivity contribution in [3.63, 3.8) is 0 Å². The second-order valence-corrected chi connectivity index (χ2v) is 6.35. The van der Waals surface area contributed by atoms with E-state index in [2.05, 4.69) is 46.5 Å². The van der Waals surface area contributed by atoms with Crippen molar-refractivity contribution in [2.24, 2.45) is 0 Å². The maximum absolute atomic E-state index is 5.53. The van der Waals surface area contributed by atoms with Gasteiger partial charge in [-0.1, -0.05) is 30.9 Å². The first-order chi connectivity index (χ1) is 13.2. The molecule has 0 bridgehead atoms. The van der Waals surface area contributed by atoms with E-state index < -0.39 is 0 Å². The Balaban J connectivity index is 1.53. The first-order valence-corrected chi connectivity index (χ1v) is 9.04. The van der Waals surface area contributed by atoms with Crippen LogP contribution in [0.1, 0.15) is 11.4 Å². The van der Waals surface area contributed by atoms with Gasteiger partial charge in [0.25, 0.3) is 0 Å². The highest BCUT2D eigenvalue weighted by molar-refractivity contribution is 7.80. The van der Waals surface area contributed by atoms with Crippen LogP contribution in [-0.4, -0.2) is 21.3 Å². The van der Waals surface area contributed by atoms with E-state index in [1.165, 1.54) is 0 Å². The molecule has 3 aromatic rings. The number of imidazole rings is 1. The van der Waals surface area contributed by atoms with Gasteiger partial charge in [0.15, 0.2) is 5.11 Å². The van der Waals surface area contributed by atoms with Crippen LogP contribution in [0.3, 0.4) is 0 Å². The standard InChI is InChI=1S/C21H22N4OS/c1-3-13-26-20-6-4-5-18(14-20)24-21(27)23-15-17-7-9-19(10-8-17)25-12-11-22-16(25)2/h3-12,14H,1,13,15H2,2H3,(H2,23,24,27). The number of benzene rings is 2. The number of anilines is 1. The third-order valence-corrected chi connectivity index (χ3v) is 4.20. The largest absolute Gasteiger partial charge is 0.489 e. The Morgan fingerprint density at radius 1 is 1.26 bits per heavy atom. The summed E-state index contributed by atoms with van der Waals surface area (Å²) in [5, 5.41) is 6.95. The van der Waals surface area contributed by atoms with Crippen LogP contribution in [0, 0.1) is 6.92 Å². The van der Waals surface area contributed by atoms with Gasteiger partial charge in [-0.25, -0.2) is 4.98 Å². The molecule has 0 atom stereocenters. The number of aryl methyl sites for hydroxylation is 1. The fraction of sp³-hybridized carbons (Fsp3) is 0.143. The van der Waals surface area contributed by atoms with E-state index in [0.717, 1.165) is 28.5 Å². The van der Waals surface area contributed by atoms with Crippen molar-refractivity contribution < 1.29 is 4.74 Å². The third-order valence-electron chi connectivity index (χ3n) is 3.95. The summed E-state index contributed by atoms with van der Waals surface area (Å²) >= 11 is 5.38. The van der Waals surface area contributed by atoms with Crippen LogP contribution in [-0.2, 0) is 6.54 Å². The molecule has 0 aliphatic carbocycles. The number of ether oxygens (including phenoxy) is 1. The Kier molecular flexibility index (Phi) is 6.22. The normalized spacial score (nSPS) is 10.3. The number of hydrogen-bond donors (Lipinski definition) is 2. The number of hydrogen-bond acceptors (Lipinski definition) is 3. The van der Waals surface area contributed by atoms with Gasteiger partial charge in [-0.3, -0.25) is 0 Å². The van der Waals surface area contributed by atoms with E-state index in [9.17, 15) is 0 Å². The van der Waals surface area contributed by atoms with E-state index in [4.69, 9.17) is 17.0 Å². The number of thiocarbonyl (C=S) groups is 1. The lowest BCUT2D eigenvalue weighted by Gasteiger charge is -2.12. The summed E-state index contributed by atoms with van der Waals surface area (Å²) in [4.78, 5) is 4.25. The quantitative estimate of drug-likeness (QED) is 0.476. The van der Waals surface area contributed by atoms with Crippen LogP contribution in [0.2, 0.25) is 0 Å². The highest BCUT2D eigenvalue weighted by Crippen LogP contribution is 2.17. The maximum atomic E-state index is 5.53. The van der Waals surface area contributed by atoms with Crippen LogP contribution in [0.4, 0.5) is 5.69 Å². The smallest absolute Gasteiger partial charge is 0.171 e. The summed E-state index contributed by atoms with van der Waals surface area (Å²) in [6.45, 7) is 6.74. The highest BCUT2D eigenvalue weighted by atomic mass is 32.1. The summed E-state index contributed by atoms with van der Waals surface area (Å²) in [5.74, 6) is 1.73. The van der Waals surface area contributed by atoms with Crippen molar-refractivity contribution in [1.82, 2.24) is 14.9 Å². The molecule has 5 nitrogen and oxygen atoms in total. The summed E-state index contributed by atoms with van der Waals surface area (Å²) in [6.07, 6.45) is 5.46. The molecule has 2 N–H and O–H groups in total. The summed E-state index contributed by atoms with van der Waals surface area (Å²) in [6, 6.07) is 16.0. The van der Waals surface area contributed by atoms with E-state index in [1.54, 1.807) is 12.3 Å². The zero-order valence-corrected chi connectivity index (χ0v) is 16.0. The maximum Gasteiger partial charge on any atom is 0.171 e. The van der Waals surface area contributed by atoms with Crippen LogP contribution < -0.4 is 15.4 Å². The minimum atomic E-state index is 0.473. The molecule has 138 valence electrons. The SMILES string of the molecule is C=CCOc1cccc(NC(=S)NCc2ccc(-n3ccnc3C)cc2)c1. The predicted octanol–water partition coefficient (Wildman–Crippen LogP) is 4.23. The Morgan fingerprint density at radius 2 is 2.07 bits per heavy atom. The van der Waals surface area contributed by atoms with Gasteiger partial charge >= 0.3 is 0 Å². The molecule has 0 radical (unpaired) electrons. The van der Waals surface area contributed by atoms with E-state index in [1.807, 2.05) is 42.0 Å². The zero-order valence-electron chi connectivity index (χ0n) is 15.2. The molecule has 6 heteroatoms. The molecule has 0 spiro atoms. The zero-order chi connectivity index (χ0) is 19.1. The fourth-order valence-electron chi connectivity index (χ4n) is 2.60. The molecule has 0 amide bonds. The summed E-state index contributed by atoms with van der Waals surface area (Å²) in [7, 11) is 0. The Bertz CT molecular complexity index is 918. The lowest BCUT2D eigenvalue weighted by molar-refractivity contribution is 0.363. The van der Waals surface area contributed by atoms with Crippen molar-refractivity contribution >= 4 is 23.0 Å². The van der Waals surface area contributed by atoms with E-state index in [0.29, 0.717) is 18.3 Å². The van der Waals surface area contributed by atoms with Gasteiger partial charge in [0, 0.05) is 36.4 Å². The fourth-order valence-corrected chi connectivity index (χ4v) is 2.79. The first kappa shape index (κ1) is 18.7. The first-order valence-electron chi connectivity index (χ1n) is 8.63. The van der Waals surface area contributed by atoms with Crippen molar-refractivity contribution in [2.75, 3.05) is 11.9 Å². The number of rotatable bonds is 7. The molecule has 3 rings (SSSR count). The molecule has 27 heavy (non-hydrogen) atoms. The third kappa shape index (κ3) is 5.18.